The van der Waals surface area contributed by atoms with Crippen LogP contribution in [0, 0.1) is 6.92 Å². The lowest BCUT2D eigenvalue weighted by Crippen LogP contribution is -2.31. The highest BCUT2D eigenvalue weighted by Crippen LogP contribution is 2.18. The molecule has 0 saturated heterocycles. The topological polar surface area (TPSA) is 64.7 Å². The molecular weight excluding hydrogens is 302 g/mol. The summed E-state index contributed by atoms with van der Waals surface area (Å²) >= 11 is 0. The third kappa shape index (κ3) is 3.04. The third-order valence-corrected chi connectivity index (χ3v) is 4.35. The molecule has 1 amide bonds. The van der Waals surface area contributed by atoms with E-state index in [2.05, 4.69) is 22.4 Å². The maximum atomic E-state index is 12.1. The molecule has 0 saturated carbocycles. The van der Waals surface area contributed by atoms with Crippen molar-refractivity contribution in [2.24, 2.45) is 7.05 Å². The third-order valence-electron chi connectivity index (χ3n) is 4.35. The van der Waals surface area contributed by atoms with E-state index in [9.17, 15) is 4.79 Å². The second-order valence-corrected chi connectivity index (χ2v) is 6.22. The van der Waals surface area contributed by atoms with Crippen molar-refractivity contribution in [1.29, 1.82) is 0 Å². The number of nitrogens with one attached hydrogen (secondary N) is 1. The standard InChI is InChI=1S/C18H23N5O/c1-5-12(2)20-18(24)15-8-6-14(7-9-15)11-23-17-13(3)21-22(4)16(17)10-19-23/h6-10,12H,5,11H2,1-4H3,(H,20,24)/t12-/m0/s1. The zero-order chi connectivity index (χ0) is 17.3. The normalized spacial score (nSPS) is 12.5. The SMILES string of the molecule is CC[C@H](C)NC(=O)c1ccc(Cn2ncc3c2c(C)nn3C)cc1. The van der Waals surface area contributed by atoms with Crippen LogP contribution in [0.15, 0.2) is 30.5 Å². The molecule has 0 bridgehead atoms. The quantitative estimate of drug-likeness (QED) is 0.784. The Labute approximate surface area is 141 Å². The van der Waals surface area contributed by atoms with Crippen molar-refractivity contribution in [3.63, 3.8) is 0 Å². The van der Waals surface area contributed by atoms with Gasteiger partial charge in [-0.25, -0.2) is 0 Å². The van der Waals surface area contributed by atoms with Crippen molar-refractivity contribution >= 4 is 16.9 Å². The van der Waals surface area contributed by atoms with Gasteiger partial charge in [0.15, 0.2) is 0 Å². The zero-order valence-electron chi connectivity index (χ0n) is 14.6. The molecule has 1 aromatic carbocycles. The van der Waals surface area contributed by atoms with E-state index in [4.69, 9.17) is 0 Å². The minimum absolute atomic E-state index is 0.0273. The Hall–Kier alpha value is -2.63. The predicted molar refractivity (Wildman–Crippen MR) is 94.0 cm³/mol. The number of hydrogen-bond donors (Lipinski definition) is 1. The molecule has 0 aliphatic carbocycles. The molecule has 6 nitrogen and oxygen atoms in total. The van der Waals surface area contributed by atoms with Gasteiger partial charge in [0.2, 0.25) is 0 Å². The highest BCUT2D eigenvalue weighted by molar-refractivity contribution is 5.94. The zero-order valence-corrected chi connectivity index (χ0v) is 14.6. The maximum absolute atomic E-state index is 12.1. The van der Waals surface area contributed by atoms with Gasteiger partial charge in [-0.3, -0.25) is 14.2 Å². The Kier molecular flexibility index (Phi) is 4.38. The summed E-state index contributed by atoms with van der Waals surface area (Å²) in [5, 5.41) is 11.9. The van der Waals surface area contributed by atoms with E-state index in [1.165, 1.54) is 0 Å². The van der Waals surface area contributed by atoms with Crippen LogP contribution >= 0.6 is 0 Å². The van der Waals surface area contributed by atoms with E-state index in [0.717, 1.165) is 28.7 Å². The first-order valence-corrected chi connectivity index (χ1v) is 8.24. The van der Waals surface area contributed by atoms with Crippen molar-refractivity contribution in [2.75, 3.05) is 0 Å². The Balaban J connectivity index is 1.77. The lowest BCUT2D eigenvalue weighted by atomic mass is 10.1. The first-order chi connectivity index (χ1) is 11.5. The molecular formula is C18H23N5O. The Morgan fingerprint density at radius 2 is 2.00 bits per heavy atom. The summed E-state index contributed by atoms with van der Waals surface area (Å²) in [6.07, 6.45) is 2.76. The van der Waals surface area contributed by atoms with Crippen LogP contribution < -0.4 is 5.32 Å². The van der Waals surface area contributed by atoms with Gasteiger partial charge in [0.25, 0.3) is 5.91 Å². The molecule has 0 spiro atoms. The second-order valence-electron chi connectivity index (χ2n) is 6.22. The van der Waals surface area contributed by atoms with Crippen molar-refractivity contribution in [3.05, 3.63) is 47.3 Å². The van der Waals surface area contributed by atoms with Gasteiger partial charge in [-0.15, -0.1) is 0 Å². The van der Waals surface area contributed by atoms with Crippen LogP contribution in [0.5, 0.6) is 0 Å². The molecule has 1 atom stereocenters. The van der Waals surface area contributed by atoms with Crippen molar-refractivity contribution in [1.82, 2.24) is 24.9 Å². The second kappa shape index (κ2) is 6.47. The molecule has 0 aliphatic rings. The van der Waals surface area contributed by atoms with E-state index in [-0.39, 0.29) is 11.9 Å². The minimum Gasteiger partial charge on any atom is -0.350 e. The summed E-state index contributed by atoms with van der Waals surface area (Å²) in [7, 11) is 1.92. The first kappa shape index (κ1) is 16.2. The number of carbonyl (C=O) groups is 1. The van der Waals surface area contributed by atoms with Gasteiger partial charge in [0.1, 0.15) is 11.0 Å². The van der Waals surface area contributed by atoms with Crippen LogP contribution in [0.25, 0.3) is 11.0 Å². The van der Waals surface area contributed by atoms with Gasteiger partial charge < -0.3 is 5.32 Å². The average molecular weight is 325 g/mol. The van der Waals surface area contributed by atoms with E-state index >= 15 is 0 Å². The average Bonchev–Trinajstić information content (AvgIpc) is 3.10. The molecule has 2 aromatic heterocycles. The fourth-order valence-electron chi connectivity index (χ4n) is 2.77. The Bertz CT molecular complexity index is 860. The smallest absolute Gasteiger partial charge is 0.251 e. The van der Waals surface area contributed by atoms with Crippen LogP contribution in [0.1, 0.15) is 41.9 Å². The van der Waals surface area contributed by atoms with Crippen LogP contribution in [0.2, 0.25) is 0 Å². The lowest BCUT2D eigenvalue weighted by molar-refractivity contribution is 0.0939. The van der Waals surface area contributed by atoms with Gasteiger partial charge in [-0.05, 0) is 38.0 Å². The number of benzene rings is 1. The van der Waals surface area contributed by atoms with Crippen molar-refractivity contribution < 1.29 is 4.79 Å². The fraction of sp³-hybridized carbons (Fsp3) is 0.389. The first-order valence-electron chi connectivity index (χ1n) is 8.24. The van der Waals surface area contributed by atoms with Crippen LogP contribution in [0.3, 0.4) is 0 Å². The predicted octanol–water partition coefficient (Wildman–Crippen LogP) is 2.65. The maximum Gasteiger partial charge on any atom is 0.251 e. The summed E-state index contributed by atoms with van der Waals surface area (Å²) in [5.74, 6) is -0.0273. The van der Waals surface area contributed by atoms with Crippen LogP contribution in [-0.2, 0) is 13.6 Å². The Morgan fingerprint density at radius 1 is 1.29 bits per heavy atom. The summed E-state index contributed by atoms with van der Waals surface area (Å²) in [6, 6.07) is 7.87. The summed E-state index contributed by atoms with van der Waals surface area (Å²) in [5.41, 5.74) is 4.83. The number of rotatable bonds is 5. The van der Waals surface area contributed by atoms with E-state index in [1.807, 2.05) is 60.7 Å². The molecule has 0 aliphatic heterocycles. The highest BCUT2D eigenvalue weighted by Gasteiger charge is 2.12. The molecule has 1 N–H and O–H groups in total. The van der Waals surface area contributed by atoms with Gasteiger partial charge in [-0.1, -0.05) is 19.1 Å². The number of carbonyl (C=O) groups excluding carboxylic acids is 1. The Morgan fingerprint density at radius 3 is 2.67 bits per heavy atom. The molecule has 6 heteroatoms. The molecule has 3 rings (SSSR count). The molecule has 2 heterocycles. The largest absolute Gasteiger partial charge is 0.350 e. The molecule has 0 unspecified atom stereocenters. The van der Waals surface area contributed by atoms with Crippen molar-refractivity contribution in [2.45, 2.75) is 39.8 Å². The summed E-state index contributed by atoms with van der Waals surface area (Å²) < 4.78 is 3.79. The fourth-order valence-corrected chi connectivity index (χ4v) is 2.77. The minimum atomic E-state index is -0.0273. The van der Waals surface area contributed by atoms with Crippen LogP contribution in [-0.4, -0.2) is 31.5 Å². The lowest BCUT2D eigenvalue weighted by Gasteiger charge is -2.11. The summed E-state index contributed by atoms with van der Waals surface area (Å²) in [6.45, 7) is 6.71. The van der Waals surface area contributed by atoms with Gasteiger partial charge in [0.05, 0.1) is 18.4 Å². The highest BCUT2D eigenvalue weighted by atomic mass is 16.1. The van der Waals surface area contributed by atoms with E-state index in [1.54, 1.807) is 0 Å². The molecule has 3 aromatic rings. The van der Waals surface area contributed by atoms with Gasteiger partial charge in [0, 0.05) is 18.7 Å². The number of nitrogens with zero attached hydrogens (tertiary/aromatic N) is 4. The molecule has 126 valence electrons. The molecule has 0 fully saturated rings. The number of fused-ring (bicyclic) bond motifs is 1. The number of amides is 1. The number of hydrogen-bond acceptors (Lipinski definition) is 3. The van der Waals surface area contributed by atoms with Crippen molar-refractivity contribution in [3.8, 4) is 0 Å². The van der Waals surface area contributed by atoms with E-state index in [0.29, 0.717) is 12.1 Å². The van der Waals surface area contributed by atoms with Gasteiger partial charge >= 0.3 is 0 Å². The van der Waals surface area contributed by atoms with Gasteiger partial charge in [-0.2, -0.15) is 10.2 Å². The number of aromatic nitrogens is 4. The van der Waals surface area contributed by atoms with Crippen LogP contribution in [0.4, 0.5) is 0 Å². The molecule has 24 heavy (non-hydrogen) atoms. The van der Waals surface area contributed by atoms with E-state index < -0.39 is 0 Å². The molecule has 0 radical (unpaired) electrons. The summed E-state index contributed by atoms with van der Waals surface area (Å²) in [4.78, 5) is 12.1. The number of aryl methyl sites for hydroxylation is 2. The monoisotopic (exact) mass is 325 g/mol.